The Morgan fingerprint density at radius 2 is 1.23 bits per heavy atom. The molecule has 56 heavy (non-hydrogen) atoms. The number of ether oxygens (including phenoxy) is 8. The minimum Gasteiger partial charge on any atom is -0.465 e. The van der Waals surface area contributed by atoms with E-state index in [0.717, 1.165) is 38.5 Å². The van der Waals surface area contributed by atoms with Gasteiger partial charge in [-0.3, -0.25) is 4.79 Å². The van der Waals surface area contributed by atoms with E-state index in [1.807, 2.05) is 13.8 Å². The third-order valence-corrected chi connectivity index (χ3v) is 16.6. The quantitative estimate of drug-likeness (QED) is 0.178. The highest BCUT2D eigenvalue weighted by molar-refractivity contribution is 5.71. The van der Waals surface area contributed by atoms with Crippen LogP contribution >= 0.6 is 0 Å². The van der Waals surface area contributed by atoms with E-state index in [1.165, 1.54) is 7.11 Å². The molecular weight excluding hydrogens is 728 g/mol. The molecule has 4 aliphatic carbocycles. The highest BCUT2D eigenvalue weighted by atomic mass is 16.7. The lowest BCUT2D eigenvalue weighted by Crippen LogP contribution is -2.67. The van der Waals surface area contributed by atoms with Crippen LogP contribution in [-0.4, -0.2) is 137 Å². The SMILES string of the molecule is CO[C@H]1[C@@H](O)C[C@H](O[C@H]2[C@@H](O)C[C@H](O[C@H]3[C@@H](O)C[C@H](O[C@H]4CC[C@@]5(C)[C@H](CC[C@@H]6[C@@H]5C[C@@H](O)[C@]5(C)[C@@H]([C@@H]7COC(=O)C7)CC[C@]65O)C4)O[C@@H]3C)O[C@@H]2C)O[C@@H]1C. The number of aliphatic hydroxyl groups is 5. The molecule has 0 amide bonds. The van der Waals surface area contributed by atoms with E-state index in [4.69, 9.17) is 37.9 Å². The molecule has 14 heteroatoms. The number of aliphatic hydroxyl groups excluding tert-OH is 4. The Kier molecular flexibility index (Phi) is 11.8. The first-order chi connectivity index (χ1) is 26.5. The van der Waals surface area contributed by atoms with Crippen molar-refractivity contribution in [2.45, 2.75) is 203 Å². The van der Waals surface area contributed by atoms with E-state index in [2.05, 4.69) is 13.8 Å². The molecule has 4 heterocycles. The molecule has 4 aliphatic heterocycles. The number of fused-ring (bicyclic) bond motifs is 5. The van der Waals surface area contributed by atoms with Crippen molar-refractivity contribution in [3.05, 3.63) is 0 Å². The zero-order valence-corrected chi connectivity index (χ0v) is 34.1. The molecule has 14 nitrogen and oxygen atoms in total. The smallest absolute Gasteiger partial charge is 0.306 e. The third kappa shape index (κ3) is 7.10. The molecule has 0 aromatic rings. The molecular formula is C42H68O14. The van der Waals surface area contributed by atoms with Crippen molar-refractivity contribution in [2.75, 3.05) is 13.7 Å². The second-order valence-corrected chi connectivity index (χ2v) is 19.4. The van der Waals surface area contributed by atoms with Gasteiger partial charge in [-0.2, -0.15) is 0 Å². The van der Waals surface area contributed by atoms with Crippen LogP contribution in [0, 0.1) is 40.4 Å². The van der Waals surface area contributed by atoms with Crippen molar-refractivity contribution in [1.82, 2.24) is 0 Å². The summed E-state index contributed by atoms with van der Waals surface area (Å²) in [5.41, 5.74) is -1.66. The third-order valence-electron chi connectivity index (χ3n) is 16.6. The predicted octanol–water partition coefficient (Wildman–Crippen LogP) is 2.95. The van der Waals surface area contributed by atoms with Crippen LogP contribution in [0.1, 0.15) is 112 Å². The molecule has 0 aromatic heterocycles. The first-order valence-electron chi connectivity index (χ1n) is 21.6. The molecule has 0 aromatic carbocycles. The summed E-state index contributed by atoms with van der Waals surface area (Å²) in [6, 6.07) is 0. The summed E-state index contributed by atoms with van der Waals surface area (Å²) < 4.78 is 48.0. The summed E-state index contributed by atoms with van der Waals surface area (Å²) in [5, 5.41) is 57.4. The summed E-state index contributed by atoms with van der Waals surface area (Å²) in [6.45, 7) is 10.3. The van der Waals surface area contributed by atoms with Gasteiger partial charge in [0.25, 0.3) is 0 Å². The number of esters is 1. The van der Waals surface area contributed by atoms with E-state index in [1.54, 1.807) is 6.92 Å². The number of hydrogen-bond donors (Lipinski definition) is 5. The number of hydrogen-bond acceptors (Lipinski definition) is 14. The van der Waals surface area contributed by atoms with Gasteiger partial charge in [0.1, 0.15) is 18.3 Å². The van der Waals surface area contributed by atoms with Crippen LogP contribution < -0.4 is 0 Å². The van der Waals surface area contributed by atoms with Crippen molar-refractivity contribution >= 4 is 5.97 Å². The van der Waals surface area contributed by atoms with E-state index in [0.29, 0.717) is 31.8 Å². The number of cyclic esters (lactones) is 1. The minimum absolute atomic E-state index is 0.0311. The summed E-state index contributed by atoms with van der Waals surface area (Å²) in [4.78, 5) is 12.0. The van der Waals surface area contributed by atoms with E-state index in [-0.39, 0.29) is 66.5 Å². The van der Waals surface area contributed by atoms with Crippen molar-refractivity contribution in [2.24, 2.45) is 40.4 Å². The summed E-state index contributed by atoms with van der Waals surface area (Å²) in [5.74, 6) is 0.634. The van der Waals surface area contributed by atoms with Crippen molar-refractivity contribution in [1.29, 1.82) is 0 Å². The Labute approximate surface area is 331 Å². The average Bonchev–Trinajstić information content (AvgIpc) is 3.68. The van der Waals surface area contributed by atoms with Crippen molar-refractivity contribution < 1.29 is 68.2 Å². The molecule has 4 saturated heterocycles. The van der Waals surface area contributed by atoms with Crippen LogP contribution in [0.4, 0.5) is 0 Å². The zero-order valence-electron chi connectivity index (χ0n) is 34.1. The molecule has 0 bridgehead atoms. The van der Waals surface area contributed by atoms with Crippen LogP contribution in [0.2, 0.25) is 0 Å². The summed E-state index contributed by atoms with van der Waals surface area (Å²) in [7, 11) is 1.53. The van der Waals surface area contributed by atoms with Gasteiger partial charge >= 0.3 is 5.97 Å². The second kappa shape index (κ2) is 15.8. The van der Waals surface area contributed by atoms with Crippen molar-refractivity contribution in [3.8, 4) is 0 Å². The number of methoxy groups -OCH3 is 1. The number of carbonyl (C=O) groups is 1. The maximum atomic E-state index is 12.6. The molecule has 8 aliphatic rings. The van der Waals surface area contributed by atoms with E-state index >= 15 is 0 Å². The lowest BCUT2D eigenvalue weighted by Gasteiger charge is -2.65. The Balaban J connectivity index is 0.829. The first-order valence-corrected chi connectivity index (χ1v) is 21.6. The second-order valence-electron chi connectivity index (χ2n) is 19.4. The Morgan fingerprint density at radius 1 is 0.661 bits per heavy atom. The molecule has 0 spiro atoms. The zero-order chi connectivity index (χ0) is 39.9. The fourth-order valence-electron chi connectivity index (χ4n) is 13.5. The van der Waals surface area contributed by atoms with Gasteiger partial charge in [-0.1, -0.05) is 13.8 Å². The normalized spacial score (nSPS) is 56.2. The van der Waals surface area contributed by atoms with Crippen LogP contribution in [-0.2, 0) is 42.7 Å². The van der Waals surface area contributed by atoms with Gasteiger partial charge < -0.3 is 63.4 Å². The van der Waals surface area contributed by atoms with Gasteiger partial charge in [-0.05, 0) is 101 Å². The molecule has 0 radical (unpaired) electrons. The molecule has 8 fully saturated rings. The Morgan fingerprint density at radius 3 is 1.77 bits per heavy atom. The lowest BCUT2D eigenvalue weighted by atomic mass is 9.42. The highest BCUT2D eigenvalue weighted by Crippen LogP contribution is 2.70. The summed E-state index contributed by atoms with van der Waals surface area (Å²) >= 11 is 0. The molecule has 0 unspecified atom stereocenters. The molecule has 320 valence electrons. The monoisotopic (exact) mass is 796 g/mol. The fourth-order valence-corrected chi connectivity index (χ4v) is 13.5. The van der Waals surface area contributed by atoms with E-state index < -0.39 is 84.8 Å². The Bertz CT molecular complexity index is 1370. The Hall–Kier alpha value is -1.01. The largest absolute Gasteiger partial charge is 0.465 e. The lowest BCUT2D eigenvalue weighted by molar-refractivity contribution is -0.336. The van der Waals surface area contributed by atoms with Crippen LogP contribution in [0.3, 0.4) is 0 Å². The molecule has 5 N–H and O–H groups in total. The van der Waals surface area contributed by atoms with Gasteiger partial charge in [0.15, 0.2) is 18.9 Å². The van der Waals surface area contributed by atoms with Gasteiger partial charge in [-0.25, -0.2) is 0 Å². The average molecular weight is 797 g/mol. The maximum absolute atomic E-state index is 12.6. The van der Waals surface area contributed by atoms with Gasteiger partial charge in [0, 0.05) is 37.7 Å². The topological polar surface area (TPSA) is 192 Å². The molecule has 22 atom stereocenters. The van der Waals surface area contributed by atoms with Crippen LogP contribution in [0.15, 0.2) is 0 Å². The molecule has 8 rings (SSSR count). The van der Waals surface area contributed by atoms with Gasteiger partial charge in [0.2, 0.25) is 0 Å². The van der Waals surface area contributed by atoms with E-state index in [9.17, 15) is 30.3 Å². The number of rotatable bonds is 8. The predicted molar refractivity (Wildman–Crippen MR) is 197 cm³/mol. The maximum Gasteiger partial charge on any atom is 0.306 e. The number of carbonyl (C=O) groups excluding carboxylic acids is 1. The summed E-state index contributed by atoms with van der Waals surface area (Å²) in [6.07, 6.45) is -0.926. The first kappa shape index (κ1) is 41.7. The fraction of sp³-hybridized carbons (Fsp3) is 0.976. The van der Waals surface area contributed by atoms with Gasteiger partial charge in [-0.15, -0.1) is 0 Å². The van der Waals surface area contributed by atoms with Crippen LogP contribution in [0.25, 0.3) is 0 Å². The minimum atomic E-state index is -0.968. The van der Waals surface area contributed by atoms with Gasteiger partial charge in [0.05, 0.1) is 67.5 Å². The standard InChI is InChI=1S/C42H68O14/c1-20-37(49-6)29(43)16-35(51-20)55-39-22(3)53-36(18-31(39)45)56-38-21(2)52-34(17-30(38)44)54-25-9-11-40(4)24(14-25)7-8-27-28(40)15-32(46)41(5)26(10-12-42(27,41)48)23-13-33(47)50-19-23/h20-32,34-39,43-46,48H,7-19H2,1-6H3/t20-,21-,22-,23+,24-,25+,26-,27-,28+,29+,30+,31+,32-,34+,35+,36+,37-,38-,39-,40+,41+,42+/m1/s1. The molecule has 4 saturated carbocycles. The van der Waals surface area contributed by atoms with Crippen LogP contribution in [0.5, 0.6) is 0 Å². The highest BCUT2D eigenvalue weighted by Gasteiger charge is 2.71. The van der Waals surface area contributed by atoms with Crippen molar-refractivity contribution in [3.63, 3.8) is 0 Å².